The molecule has 0 aliphatic carbocycles. The first kappa shape index (κ1) is 25.9. The number of nitrogens with one attached hydrogen (secondary N) is 1. The summed E-state index contributed by atoms with van der Waals surface area (Å²) in [4.78, 5) is 24.4. The van der Waals surface area contributed by atoms with Crippen molar-refractivity contribution in [1.29, 1.82) is 0 Å². The Morgan fingerprint density at radius 2 is 1.47 bits per heavy atom. The summed E-state index contributed by atoms with van der Waals surface area (Å²) in [6, 6.07) is 21.9. The monoisotopic (exact) mass is 465 g/mol. The number of carboxylic acid groups (broad SMARTS) is 1. The van der Waals surface area contributed by atoms with E-state index in [1.165, 1.54) is 30.4 Å². The van der Waals surface area contributed by atoms with Gasteiger partial charge in [-0.15, -0.1) is 0 Å². The van der Waals surface area contributed by atoms with E-state index in [0.29, 0.717) is 18.4 Å². The highest BCUT2D eigenvalue weighted by molar-refractivity contribution is 5.77. The van der Waals surface area contributed by atoms with Gasteiger partial charge in [-0.25, -0.2) is 0 Å². The third kappa shape index (κ3) is 8.92. The highest BCUT2D eigenvalue weighted by Crippen LogP contribution is 2.37. The Labute approximate surface area is 203 Å². The van der Waals surface area contributed by atoms with Gasteiger partial charge in [0, 0.05) is 12.5 Å². The minimum absolute atomic E-state index is 0.237. The topological polar surface area (TPSA) is 81.7 Å². The molecule has 0 atom stereocenters. The summed E-state index contributed by atoms with van der Waals surface area (Å²) >= 11 is 0. The van der Waals surface area contributed by atoms with E-state index in [1.807, 2.05) is 0 Å². The van der Waals surface area contributed by atoms with E-state index in [0.717, 1.165) is 38.9 Å². The summed E-state index contributed by atoms with van der Waals surface area (Å²) < 4.78 is 4.71. The summed E-state index contributed by atoms with van der Waals surface area (Å²) in [5.41, 5.74) is 2.84. The van der Waals surface area contributed by atoms with Gasteiger partial charge in [0.1, 0.15) is 6.61 Å². The van der Waals surface area contributed by atoms with E-state index in [9.17, 15) is 14.7 Å². The average Bonchev–Trinajstić information content (AvgIpc) is 2.85. The lowest BCUT2D eigenvalue weighted by atomic mass is 9.76. The van der Waals surface area contributed by atoms with Crippen LogP contribution in [0.25, 0.3) is 0 Å². The molecular formula is C28H37N2O4-. The number of carbonyl (C=O) groups excluding carboxylic acids is 2. The second-order valence-corrected chi connectivity index (χ2v) is 9.11. The molecule has 0 radical (unpaired) electrons. The molecule has 34 heavy (non-hydrogen) atoms. The number of ether oxygens (including phenoxy) is 1. The molecule has 1 fully saturated rings. The summed E-state index contributed by atoms with van der Waals surface area (Å²) in [7, 11) is 0. The van der Waals surface area contributed by atoms with E-state index in [-0.39, 0.29) is 12.5 Å². The van der Waals surface area contributed by atoms with Crippen molar-refractivity contribution in [2.75, 3.05) is 39.4 Å². The molecule has 3 rings (SSSR count). The van der Waals surface area contributed by atoms with Crippen molar-refractivity contribution >= 4 is 11.9 Å². The minimum atomic E-state index is -1.32. The van der Waals surface area contributed by atoms with Gasteiger partial charge in [0.05, 0.1) is 12.6 Å². The second kappa shape index (κ2) is 14.5. The number of likely N-dealkylation sites (tertiary alicyclic amines) is 1. The SMILES string of the molecule is O=C([O-])COCC(=O)NCCCCCCN1CCC(C(c2ccccc2)c2ccccc2)CC1. The Hall–Kier alpha value is -2.70. The van der Waals surface area contributed by atoms with Crippen LogP contribution in [0.3, 0.4) is 0 Å². The van der Waals surface area contributed by atoms with Crippen molar-refractivity contribution in [3.8, 4) is 0 Å². The molecular weight excluding hydrogens is 428 g/mol. The standard InChI is InChI=1S/C28H38N2O4/c31-26(21-34-22-27(32)33)29-17-9-1-2-10-18-30-19-15-25(16-20-30)28(23-11-5-3-6-12-23)24-13-7-4-8-14-24/h3-8,11-14,25,28H,1-2,9-10,15-22H2,(H,29,31)(H,32,33)/p-1. The van der Waals surface area contributed by atoms with Crippen molar-refractivity contribution in [3.63, 3.8) is 0 Å². The zero-order chi connectivity index (χ0) is 24.0. The number of rotatable bonds is 14. The van der Waals surface area contributed by atoms with Gasteiger partial charge in [-0.3, -0.25) is 4.79 Å². The number of hydrogen-bond donors (Lipinski definition) is 1. The molecule has 0 unspecified atom stereocenters. The molecule has 6 heteroatoms. The Morgan fingerprint density at radius 3 is 2.06 bits per heavy atom. The van der Waals surface area contributed by atoms with Crippen molar-refractivity contribution in [2.24, 2.45) is 5.92 Å². The van der Waals surface area contributed by atoms with E-state index >= 15 is 0 Å². The smallest absolute Gasteiger partial charge is 0.246 e. The molecule has 0 saturated carbocycles. The summed E-state index contributed by atoms with van der Waals surface area (Å²) in [5, 5.41) is 13.0. The quantitative estimate of drug-likeness (QED) is 0.434. The van der Waals surface area contributed by atoms with Crippen LogP contribution in [0, 0.1) is 5.92 Å². The van der Waals surface area contributed by atoms with E-state index in [1.54, 1.807) is 0 Å². The largest absolute Gasteiger partial charge is 0.548 e. The Bertz CT molecular complexity index is 812. The molecule has 0 spiro atoms. The molecule has 184 valence electrons. The second-order valence-electron chi connectivity index (χ2n) is 9.11. The summed E-state index contributed by atoms with van der Waals surface area (Å²) in [5.74, 6) is -0.468. The van der Waals surface area contributed by atoms with Gasteiger partial charge in [-0.05, 0) is 62.4 Å². The van der Waals surface area contributed by atoms with Crippen molar-refractivity contribution in [3.05, 3.63) is 71.8 Å². The van der Waals surface area contributed by atoms with Crippen LogP contribution in [0.1, 0.15) is 55.6 Å². The predicted molar refractivity (Wildman–Crippen MR) is 131 cm³/mol. The molecule has 2 aromatic carbocycles. The van der Waals surface area contributed by atoms with Crippen LogP contribution < -0.4 is 10.4 Å². The van der Waals surface area contributed by atoms with Gasteiger partial charge in [0.25, 0.3) is 0 Å². The molecule has 1 heterocycles. The Kier molecular flexibility index (Phi) is 11.1. The molecule has 0 bridgehead atoms. The normalized spacial score (nSPS) is 14.9. The number of carbonyl (C=O) groups is 2. The third-order valence-corrected chi connectivity index (χ3v) is 6.60. The number of hydrogen-bond acceptors (Lipinski definition) is 5. The first-order chi connectivity index (χ1) is 16.6. The Morgan fingerprint density at radius 1 is 0.882 bits per heavy atom. The number of amides is 1. The average molecular weight is 466 g/mol. The van der Waals surface area contributed by atoms with Gasteiger partial charge >= 0.3 is 0 Å². The number of piperidine rings is 1. The van der Waals surface area contributed by atoms with Crippen molar-refractivity contribution in [2.45, 2.75) is 44.4 Å². The van der Waals surface area contributed by atoms with Crippen LogP contribution in [0.5, 0.6) is 0 Å². The van der Waals surface area contributed by atoms with E-state index in [2.05, 4.69) is 70.9 Å². The first-order valence-electron chi connectivity index (χ1n) is 12.5. The van der Waals surface area contributed by atoms with Crippen LogP contribution in [0.15, 0.2) is 60.7 Å². The van der Waals surface area contributed by atoms with E-state index in [4.69, 9.17) is 4.74 Å². The molecule has 1 N–H and O–H groups in total. The fourth-order valence-electron chi connectivity index (χ4n) is 4.89. The molecule has 2 aromatic rings. The van der Waals surface area contributed by atoms with Crippen LogP contribution >= 0.6 is 0 Å². The lowest BCUT2D eigenvalue weighted by molar-refractivity contribution is -0.309. The van der Waals surface area contributed by atoms with Crippen molar-refractivity contribution < 1.29 is 19.4 Å². The van der Waals surface area contributed by atoms with Gasteiger partial charge < -0.3 is 24.9 Å². The summed E-state index contributed by atoms with van der Waals surface area (Å²) in [6.07, 6.45) is 6.76. The lowest BCUT2D eigenvalue weighted by Crippen LogP contribution is -2.36. The maximum Gasteiger partial charge on any atom is 0.246 e. The molecule has 1 amide bonds. The van der Waals surface area contributed by atoms with Crippen LogP contribution in [0.4, 0.5) is 0 Å². The highest BCUT2D eigenvalue weighted by Gasteiger charge is 2.28. The Balaban J connectivity index is 1.31. The minimum Gasteiger partial charge on any atom is -0.548 e. The third-order valence-electron chi connectivity index (χ3n) is 6.60. The molecule has 6 nitrogen and oxygen atoms in total. The van der Waals surface area contributed by atoms with Gasteiger partial charge in [-0.1, -0.05) is 73.5 Å². The molecule has 1 aliphatic rings. The summed E-state index contributed by atoms with van der Waals surface area (Å²) in [6.45, 7) is 3.26. The van der Waals surface area contributed by atoms with Gasteiger partial charge in [-0.2, -0.15) is 0 Å². The predicted octanol–water partition coefficient (Wildman–Crippen LogP) is 2.97. The lowest BCUT2D eigenvalue weighted by Gasteiger charge is -2.36. The number of unbranched alkanes of at least 4 members (excludes halogenated alkanes) is 3. The number of nitrogens with zero attached hydrogens (tertiary/aromatic N) is 1. The first-order valence-corrected chi connectivity index (χ1v) is 12.5. The van der Waals surface area contributed by atoms with E-state index < -0.39 is 12.6 Å². The van der Waals surface area contributed by atoms with Gasteiger partial charge in [0.15, 0.2) is 0 Å². The van der Waals surface area contributed by atoms with Crippen LogP contribution in [-0.2, 0) is 14.3 Å². The van der Waals surface area contributed by atoms with Crippen LogP contribution in [0.2, 0.25) is 0 Å². The fourth-order valence-corrected chi connectivity index (χ4v) is 4.89. The van der Waals surface area contributed by atoms with Crippen molar-refractivity contribution in [1.82, 2.24) is 10.2 Å². The van der Waals surface area contributed by atoms with Gasteiger partial charge in [0.2, 0.25) is 5.91 Å². The highest BCUT2D eigenvalue weighted by atomic mass is 16.5. The zero-order valence-corrected chi connectivity index (χ0v) is 20.0. The number of carboxylic acids is 1. The van der Waals surface area contributed by atoms with Crippen LogP contribution in [-0.4, -0.2) is 56.2 Å². The fraction of sp³-hybridized carbons (Fsp3) is 0.500. The molecule has 1 aliphatic heterocycles. The molecule has 1 saturated heterocycles. The maximum absolute atomic E-state index is 11.5. The number of aliphatic carboxylic acids is 1. The zero-order valence-electron chi connectivity index (χ0n) is 20.0. The number of benzene rings is 2. The molecule has 0 aromatic heterocycles. The maximum atomic E-state index is 11.5.